The fraction of sp³-hybridized carbons (Fsp3) is 0.500. The van der Waals surface area contributed by atoms with E-state index >= 15 is 0 Å². The van der Waals surface area contributed by atoms with E-state index in [4.69, 9.17) is 9.84 Å². The molecule has 0 bridgehead atoms. The molecule has 6 nitrogen and oxygen atoms in total. The maximum Gasteiger partial charge on any atom is 0.315 e. The number of urea groups is 1. The summed E-state index contributed by atoms with van der Waals surface area (Å²) in [7, 11) is 0. The van der Waals surface area contributed by atoms with E-state index in [9.17, 15) is 9.59 Å². The average Bonchev–Trinajstić information content (AvgIpc) is 2.98. The molecule has 3 atom stereocenters. The average molecular weight is 284 g/mol. The van der Waals surface area contributed by atoms with Crippen LogP contribution in [0.15, 0.2) is 17.5 Å². The van der Waals surface area contributed by atoms with E-state index in [-0.39, 0.29) is 25.3 Å². The van der Waals surface area contributed by atoms with E-state index in [1.165, 1.54) is 0 Å². The molecule has 3 N–H and O–H groups in total. The van der Waals surface area contributed by atoms with Gasteiger partial charge in [0, 0.05) is 4.88 Å². The molecule has 1 fully saturated rings. The third-order valence-corrected chi connectivity index (χ3v) is 4.09. The van der Waals surface area contributed by atoms with Gasteiger partial charge in [-0.25, -0.2) is 4.79 Å². The minimum absolute atomic E-state index is 0.106. The Labute approximate surface area is 114 Å². The number of carboxylic acid groups (broad SMARTS) is 1. The minimum atomic E-state index is -0.950. The Balaban J connectivity index is 1.86. The summed E-state index contributed by atoms with van der Waals surface area (Å²) in [6.07, 6.45) is 0. The molecule has 2 rings (SSSR count). The lowest BCUT2D eigenvalue weighted by molar-refractivity contribution is -0.142. The van der Waals surface area contributed by atoms with Crippen LogP contribution in [-0.2, 0) is 9.53 Å². The highest BCUT2D eigenvalue weighted by atomic mass is 32.1. The lowest BCUT2D eigenvalue weighted by atomic mass is 10.0. The summed E-state index contributed by atoms with van der Waals surface area (Å²) >= 11 is 1.56. The Hall–Kier alpha value is -1.60. The highest BCUT2D eigenvalue weighted by Crippen LogP contribution is 2.18. The van der Waals surface area contributed by atoms with Gasteiger partial charge >= 0.3 is 12.0 Å². The third kappa shape index (κ3) is 3.45. The van der Waals surface area contributed by atoms with Gasteiger partial charge in [-0.15, -0.1) is 11.3 Å². The van der Waals surface area contributed by atoms with Gasteiger partial charge in [-0.2, -0.15) is 0 Å². The van der Waals surface area contributed by atoms with Gasteiger partial charge in [0.2, 0.25) is 0 Å². The van der Waals surface area contributed by atoms with Gasteiger partial charge in [0.25, 0.3) is 0 Å². The summed E-state index contributed by atoms with van der Waals surface area (Å²) in [5.41, 5.74) is 0. The summed E-state index contributed by atoms with van der Waals surface area (Å²) in [5.74, 6) is -1.63. The van der Waals surface area contributed by atoms with Crippen LogP contribution in [0.3, 0.4) is 0 Å². The van der Waals surface area contributed by atoms with E-state index in [2.05, 4.69) is 10.6 Å². The Morgan fingerprint density at radius 2 is 2.32 bits per heavy atom. The third-order valence-electron chi connectivity index (χ3n) is 3.03. The van der Waals surface area contributed by atoms with Crippen LogP contribution in [0, 0.1) is 5.92 Å². The molecule has 1 aromatic heterocycles. The number of ether oxygens (including phenoxy) is 1. The minimum Gasteiger partial charge on any atom is -0.481 e. The lowest BCUT2D eigenvalue weighted by Gasteiger charge is -2.18. The summed E-state index contributed by atoms with van der Waals surface area (Å²) in [5, 5.41) is 16.4. The molecule has 0 aromatic carbocycles. The predicted molar refractivity (Wildman–Crippen MR) is 70.1 cm³/mol. The molecular formula is C12H16N2O4S. The van der Waals surface area contributed by atoms with Crippen molar-refractivity contribution < 1.29 is 19.4 Å². The fourth-order valence-corrected chi connectivity index (χ4v) is 2.69. The van der Waals surface area contributed by atoms with Gasteiger partial charge < -0.3 is 20.5 Å². The Kier molecular flexibility index (Phi) is 4.39. The molecule has 3 unspecified atom stereocenters. The molecule has 7 heteroatoms. The quantitative estimate of drug-likeness (QED) is 0.775. The first-order valence-electron chi connectivity index (χ1n) is 5.99. The maximum absolute atomic E-state index is 11.8. The largest absolute Gasteiger partial charge is 0.481 e. The number of nitrogens with one attached hydrogen (secondary N) is 2. The monoisotopic (exact) mass is 284 g/mol. The number of carbonyl (C=O) groups is 2. The van der Waals surface area contributed by atoms with E-state index in [1.54, 1.807) is 11.3 Å². The summed E-state index contributed by atoms with van der Waals surface area (Å²) in [6, 6.07) is 2.90. The summed E-state index contributed by atoms with van der Waals surface area (Å²) < 4.78 is 5.09. The molecule has 19 heavy (non-hydrogen) atoms. The van der Waals surface area contributed by atoms with Crippen LogP contribution in [0.4, 0.5) is 4.79 Å². The van der Waals surface area contributed by atoms with Crippen LogP contribution in [-0.4, -0.2) is 36.4 Å². The molecule has 1 aliphatic heterocycles. The number of aliphatic carboxylic acids is 1. The molecule has 0 spiro atoms. The van der Waals surface area contributed by atoms with Crippen LogP contribution >= 0.6 is 11.3 Å². The topological polar surface area (TPSA) is 87.7 Å². The second kappa shape index (κ2) is 6.03. The van der Waals surface area contributed by atoms with E-state index in [1.807, 2.05) is 24.4 Å². The lowest BCUT2D eigenvalue weighted by Crippen LogP contribution is -2.47. The molecule has 1 saturated heterocycles. The van der Waals surface area contributed by atoms with Gasteiger partial charge in [-0.05, 0) is 18.4 Å². The molecule has 0 radical (unpaired) electrons. The molecule has 2 amide bonds. The van der Waals surface area contributed by atoms with Gasteiger partial charge in [-0.1, -0.05) is 6.07 Å². The number of hydrogen-bond donors (Lipinski definition) is 3. The first-order valence-corrected chi connectivity index (χ1v) is 6.87. The van der Waals surface area contributed by atoms with Gasteiger partial charge in [0.1, 0.15) is 5.92 Å². The Morgan fingerprint density at radius 1 is 1.53 bits per heavy atom. The van der Waals surface area contributed by atoms with Crippen molar-refractivity contribution >= 4 is 23.3 Å². The zero-order valence-corrected chi connectivity index (χ0v) is 11.3. The van der Waals surface area contributed by atoms with Crippen molar-refractivity contribution in [3.63, 3.8) is 0 Å². The maximum atomic E-state index is 11.8. The van der Waals surface area contributed by atoms with E-state index in [0.717, 1.165) is 4.88 Å². The van der Waals surface area contributed by atoms with Crippen molar-refractivity contribution in [3.8, 4) is 0 Å². The molecule has 0 saturated carbocycles. The van der Waals surface area contributed by atoms with Crippen LogP contribution in [0.5, 0.6) is 0 Å². The number of carbonyl (C=O) groups excluding carboxylic acids is 1. The van der Waals surface area contributed by atoms with Crippen molar-refractivity contribution in [2.24, 2.45) is 5.92 Å². The molecule has 1 aliphatic rings. The number of carboxylic acids is 1. The smallest absolute Gasteiger partial charge is 0.315 e. The van der Waals surface area contributed by atoms with Crippen LogP contribution in [0.25, 0.3) is 0 Å². The van der Waals surface area contributed by atoms with E-state index in [0.29, 0.717) is 0 Å². The highest BCUT2D eigenvalue weighted by molar-refractivity contribution is 7.10. The van der Waals surface area contributed by atoms with Crippen molar-refractivity contribution in [3.05, 3.63) is 22.4 Å². The molecule has 2 heterocycles. The second-order valence-electron chi connectivity index (χ2n) is 4.44. The highest BCUT2D eigenvalue weighted by Gasteiger charge is 2.35. The van der Waals surface area contributed by atoms with Crippen molar-refractivity contribution in [1.82, 2.24) is 10.6 Å². The molecule has 1 aromatic rings. The predicted octanol–water partition coefficient (Wildman–Crippen LogP) is 1.21. The summed E-state index contributed by atoms with van der Waals surface area (Å²) in [6.45, 7) is 2.25. The molecular weight excluding hydrogens is 268 g/mol. The number of thiophene rings is 1. The second-order valence-corrected chi connectivity index (χ2v) is 5.42. The summed E-state index contributed by atoms with van der Waals surface area (Å²) in [4.78, 5) is 23.8. The van der Waals surface area contributed by atoms with Crippen molar-refractivity contribution in [2.45, 2.75) is 19.0 Å². The van der Waals surface area contributed by atoms with Crippen molar-refractivity contribution in [1.29, 1.82) is 0 Å². The van der Waals surface area contributed by atoms with Crippen molar-refractivity contribution in [2.75, 3.05) is 13.2 Å². The Morgan fingerprint density at radius 3 is 2.95 bits per heavy atom. The van der Waals surface area contributed by atoms with Gasteiger partial charge in [0.15, 0.2) is 0 Å². The normalized spacial score (nSPS) is 23.8. The number of rotatable bonds is 4. The first kappa shape index (κ1) is 13.8. The van der Waals surface area contributed by atoms with E-state index < -0.39 is 17.9 Å². The van der Waals surface area contributed by atoms with Crippen LogP contribution in [0.2, 0.25) is 0 Å². The van der Waals surface area contributed by atoms with Crippen LogP contribution < -0.4 is 10.6 Å². The standard InChI is InChI=1S/C12H16N2O4S/c1-7(10-3-2-4-19-10)13-12(17)14-9-6-18-5-8(9)11(15)16/h2-4,7-9H,5-6H2,1H3,(H,15,16)(H2,13,14,17). The Bertz CT molecular complexity index is 449. The zero-order valence-electron chi connectivity index (χ0n) is 10.5. The zero-order chi connectivity index (χ0) is 13.8. The van der Waals surface area contributed by atoms with Crippen LogP contribution in [0.1, 0.15) is 17.8 Å². The van der Waals surface area contributed by atoms with Gasteiger partial charge in [0.05, 0.1) is 25.3 Å². The number of amides is 2. The first-order chi connectivity index (χ1) is 9.08. The van der Waals surface area contributed by atoms with Gasteiger partial charge in [-0.3, -0.25) is 4.79 Å². The SMILES string of the molecule is CC(NC(=O)NC1COCC1C(=O)O)c1cccs1. The molecule has 0 aliphatic carbocycles. The molecule has 104 valence electrons. The fourth-order valence-electron chi connectivity index (χ4n) is 1.96. The number of hydrogen-bond acceptors (Lipinski definition) is 4.